The predicted octanol–water partition coefficient (Wildman–Crippen LogP) is 3.28. The SMILES string of the molecule is CCCN(C)c1ccc(C(=O)Nc2cccc(CO)c2)cc1. The molecule has 0 aliphatic heterocycles. The van der Waals surface area contributed by atoms with Crippen LogP contribution in [0.2, 0.25) is 0 Å². The van der Waals surface area contributed by atoms with Crippen LogP contribution in [0, 0.1) is 0 Å². The van der Waals surface area contributed by atoms with Gasteiger partial charge >= 0.3 is 0 Å². The van der Waals surface area contributed by atoms with Crippen LogP contribution in [0.1, 0.15) is 29.3 Å². The molecule has 0 aliphatic rings. The Morgan fingerprint density at radius 2 is 1.91 bits per heavy atom. The maximum Gasteiger partial charge on any atom is 0.255 e. The lowest BCUT2D eigenvalue weighted by atomic mass is 10.1. The van der Waals surface area contributed by atoms with E-state index in [4.69, 9.17) is 5.11 Å². The first kappa shape index (κ1) is 16.0. The van der Waals surface area contributed by atoms with Crippen molar-refractivity contribution in [1.29, 1.82) is 0 Å². The van der Waals surface area contributed by atoms with Crippen LogP contribution in [-0.2, 0) is 6.61 Å². The van der Waals surface area contributed by atoms with E-state index in [0.717, 1.165) is 24.2 Å². The zero-order valence-corrected chi connectivity index (χ0v) is 13.0. The van der Waals surface area contributed by atoms with Crippen LogP contribution >= 0.6 is 0 Å². The van der Waals surface area contributed by atoms with Gasteiger partial charge in [0, 0.05) is 30.5 Å². The number of carbonyl (C=O) groups excluding carboxylic acids is 1. The molecule has 2 N–H and O–H groups in total. The Morgan fingerprint density at radius 1 is 1.18 bits per heavy atom. The largest absolute Gasteiger partial charge is 0.392 e. The Morgan fingerprint density at radius 3 is 2.55 bits per heavy atom. The molecule has 0 unspecified atom stereocenters. The second-order valence-electron chi connectivity index (χ2n) is 5.28. The third-order valence-corrected chi connectivity index (χ3v) is 3.50. The van der Waals surface area contributed by atoms with Crippen LogP contribution in [0.15, 0.2) is 48.5 Å². The van der Waals surface area contributed by atoms with Crippen molar-refractivity contribution in [1.82, 2.24) is 0 Å². The van der Waals surface area contributed by atoms with Gasteiger partial charge < -0.3 is 15.3 Å². The highest BCUT2D eigenvalue weighted by atomic mass is 16.3. The van der Waals surface area contributed by atoms with E-state index >= 15 is 0 Å². The molecular weight excluding hydrogens is 276 g/mol. The molecular formula is C18H22N2O2. The van der Waals surface area contributed by atoms with Crippen LogP contribution in [0.3, 0.4) is 0 Å². The van der Waals surface area contributed by atoms with Crippen LogP contribution < -0.4 is 10.2 Å². The standard InChI is InChI=1S/C18H22N2O2/c1-3-11-20(2)17-9-7-15(8-10-17)18(22)19-16-6-4-5-14(12-16)13-21/h4-10,12,21H,3,11,13H2,1-2H3,(H,19,22). The number of rotatable bonds is 6. The van der Waals surface area contributed by atoms with Crippen LogP contribution in [0.5, 0.6) is 0 Å². The summed E-state index contributed by atoms with van der Waals surface area (Å²) in [5.41, 5.74) is 3.17. The maximum absolute atomic E-state index is 12.2. The summed E-state index contributed by atoms with van der Waals surface area (Å²) in [6.45, 7) is 3.08. The van der Waals surface area contributed by atoms with E-state index in [1.165, 1.54) is 0 Å². The number of benzene rings is 2. The summed E-state index contributed by atoms with van der Waals surface area (Å²) in [5.74, 6) is -0.153. The number of nitrogens with one attached hydrogen (secondary N) is 1. The summed E-state index contributed by atoms with van der Waals surface area (Å²) in [6, 6.07) is 14.8. The van der Waals surface area contributed by atoms with Gasteiger partial charge in [-0.25, -0.2) is 0 Å². The fourth-order valence-electron chi connectivity index (χ4n) is 2.28. The van der Waals surface area contributed by atoms with E-state index in [9.17, 15) is 4.79 Å². The maximum atomic E-state index is 12.2. The first-order valence-corrected chi connectivity index (χ1v) is 7.46. The molecule has 0 saturated heterocycles. The van der Waals surface area contributed by atoms with Gasteiger partial charge in [-0.15, -0.1) is 0 Å². The van der Waals surface area contributed by atoms with Crippen molar-refractivity contribution in [2.75, 3.05) is 23.8 Å². The van der Waals surface area contributed by atoms with E-state index in [-0.39, 0.29) is 12.5 Å². The summed E-state index contributed by atoms with van der Waals surface area (Å²) >= 11 is 0. The predicted molar refractivity (Wildman–Crippen MR) is 90.3 cm³/mol. The zero-order valence-electron chi connectivity index (χ0n) is 13.0. The van der Waals surface area contributed by atoms with Crippen molar-refractivity contribution in [2.45, 2.75) is 20.0 Å². The van der Waals surface area contributed by atoms with E-state index in [1.807, 2.05) is 43.4 Å². The molecule has 0 bridgehead atoms. The Labute approximate surface area is 131 Å². The molecule has 0 aliphatic carbocycles. The fraction of sp³-hybridized carbons (Fsp3) is 0.278. The van der Waals surface area contributed by atoms with Gasteiger partial charge in [0.2, 0.25) is 0 Å². The number of aliphatic hydroxyl groups excluding tert-OH is 1. The highest BCUT2D eigenvalue weighted by Crippen LogP contribution is 2.16. The number of aliphatic hydroxyl groups is 1. The molecule has 4 heteroatoms. The third kappa shape index (κ3) is 4.09. The average Bonchev–Trinajstić information content (AvgIpc) is 2.55. The summed E-state index contributed by atoms with van der Waals surface area (Å²) < 4.78 is 0. The van der Waals surface area contributed by atoms with Gasteiger partial charge in [-0.05, 0) is 48.4 Å². The van der Waals surface area contributed by atoms with Crippen LogP contribution in [0.4, 0.5) is 11.4 Å². The van der Waals surface area contributed by atoms with E-state index in [1.54, 1.807) is 12.1 Å². The second kappa shape index (κ2) is 7.61. The lowest BCUT2D eigenvalue weighted by Gasteiger charge is -2.18. The molecule has 0 spiro atoms. The Hall–Kier alpha value is -2.33. The number of hydrogen-bond donors (Lipinski definition) is 2. The van der Waals surface area contributed by atoms with Crippen molar-refractivity contribution >= 4 is 17.3 Å². The normalized spacial score (nSPS) is 10.3. The smallest absolute Gasteiger partial charge is 0.255 e. The number of anilines is 2. The Bertz CT molecular complexity index is 623. The minimum atomic E-state index is -0.153. The van der Waals surface area contributed by atoms with Crippen molar-refractivity contribution < 1.29 is 9.90 Å². The first-order valence-electron chi connectivity index (χ1n) is 7.46. The van der Waals surface area contributed by atoms with Crippen LogP contribution in [-0.4, -0.2) is 24.6 Å². The Kier molecular flexibility index (Phi) is 5.55. The lowest BCUT2D eigenvalue weighted by Crippen LogP contribution is -2.18. The quantitative estimate of drug-likeness (QED) is 0.860. The summed E-state index contributed by atoms with van der Waals surface area (Å²) in [6.07, 6.45) is 1.08. The van der Waals surface area contributed by atoms with Gasteiger partial charge in [-0.2, -0.15) is 0 Å². The Balaban J connectivity index is 2.06. The van der Waals surface area contributed by atoms with E-state index in [2.05, 4.69) is 17.1 Å². The third-order valence-electron chi connectivity index (χ3n) is 3.50. The second-order valence-corrected chi connectivity index (χ2v) is 5.28. The minimum absolute atomic E-state index is 0.0395. The van der Waals surface area contributed by atoms with Crippen LogP contribution in [0.25, 0.3) is 0 Å². The average molecular weight is 298 g/mol. The molecule has 0 radical (unpaired) electrons. The number of hydrogen-bond acceptors (Lipinski definition) is 3. The van der Waals surface area contributed by atoms with Gasteiger partial charge in [0.1, 0.15) is 0 Å². The molecule has 2 aromatic carbocycles. The van der Waals surface area contributed by atoms with Gasteiger partial charge in [0.05, 0.1) is 6.61 Å². The number of carbonyl (C=O) groups is 1. The molecule has 0 heterocycles. The lowest BCUT2D eigenvalue weighted by molar-refractivity contribution is 0.102. The molecule has 116 valence electrons. The fourth-order valence-corrected chi connectivity index (χ4v) is 2.28. The zero-order chi connectivity index (χ0) is 15.9. The van der Waals surface area contributed by atoms with Crippen molar-refractivity contribution in [2.24, 2.45) is 0 Å². The van der Waals surface area contributed by atoms with Crippen molar-refractivity contribution in [3.05, 3.63) is 59.7 Å². The molecule has 22 heavy (non-hydrogen) atoms. The van der Waals surface area contributed by atoms with Gasteiger partial charge in [0.15, 0.2) is 0 Å². The summed E-state index contributed by atoms with van der Waals surface area (Å²) in [5, 5.41) is 12.0. The molecule has 0 fully saturated rings. The van der Waals surface area contributed by atoms with Gasteiger partial charge in [0.25, 0.3) is 5.91 Å². The van der Waals surface area contributed by atoms with Crippen molar-refractivity contribution in [3.63, 3.8) is 0 Å². The number of amides is 1. The molecule has 0 atom stereocenters. The number of nitrogens with zero attached hydrogens (tertiary/aromatic N) is 1. The van der Waals surface area contributed by atoms with E-state index in [0.29, 0.717) is 11.3 Å². The molecule has 1 amide bonds. The molecule has 0 aromatic heterocycles. The molecule has 2 aromatic rings. The van der Waals surface area contributed by atoms with E-state index < -0.39 is 0 Å². The molecule has 2 rings (SSSR count). The highest BCUT2D eigenvalue weighted by molar-refractivity contribution is 6.04. The molecule has 4 nitrogen and oxygen atoms in total. The summed E-state index contributed by atoms with van der Waals surface area (Å²) in [7, 11) is 2.04. The summed E-state index contributed by atoms with van der Waals surface area (Å²) in [4.78, 5) is 14.4. The van der Waals surface area contributed by atoms with Gasteiger partial charge in [-0.1, -0.05) is 19.1 Å². The van der Waals surface area contributed by atoms with Crippen molar-refractivity contribution in [3.8, 4) is 0 Å². The topological polar surface area (TPSA) is 52.6 Å². The monoisotopic (exact) mass is 298 g/mol. The van der Waals surface area contributed by atoms with Gasteiger partial charge in [-0.3, -0.25) is 4.79 Å². The highest BCUT2D eigenvalue weighted by Gasteiger charge is 2.07. The minimum Gasteiger partial charge on any atom is -0.392 e. The molecule has 0 saturated carbocycles. The first-order chi connectivity index (χ1) is 10.6.